The topological polar surface area (TPSA) is 90.9 Å². The van der Waals surface area contributed by atoms with E-state index >= 15 is 0 Å². The van der Waals surface area contributed by atoms with Gasteiger partial charge in [-0.2, -0.15) is 5.26 Å². The van der Waals surface area contributed by atoms with Crippen LogP contribution in [0.4, 0.5) is 11.4 Å². The van der Waals surface area contributed by atoms with Crippen molar-refractivity contribution in [2.75, 3.05) is 11.1 Å². The number of carbonyl (C=O) groups is 1. The fourth-order valence-electron chi connectivity index (χ4n) is 2.02. The largest absolute Gasteiger partial charge is 0.397 e. The first-order valence-electron chi connectivity index (χ1n) is 7.26. The Bertz CT molecular complexity index is 824. The van der Waals surface area contributed by atoms with Crippen molar-refractivity contribution in [3.05, 3.63) is 70.4 Å². The summed E-state index contributed by atoms with van der Waals surface area (Å²) in [6.07, 6.45) is 1.34. The predicted octanol–water partition coefficient (Wildman–Crippen LogP) is 3.37. The highest BCUT2D eigenvalue weighted by molar-refractivity contribution is 6.31. The van der Waals surface area contributed by atoms with Crippen LogP contribution in [0.5, 0.6) is 0 Å². The summed E-state index contributed by atoms with van der Waals surface area (Å²) in [5, 5.41) is 15.3. The van der Waals surface area contributed by atoms with Crippen LogP contribution in [0.2, 0.25) is 5.02 Å². The highest BCUT2D eigenvalue weighted by Crippen LogP contribution is 2.19. The van der Waals surface area contributed by atoms with Gasteiger partial charge in [0.25, 0.3) is 5.91 Å². The highest BCUT2D eigenvalue weighted by atomic mass is 35.5. The molecule has 2 rings (SSSR count). The second kappa shape index (κ2) is 8.04. The number of anilines is 2. The van der Waals surface area contributed by atoms with Crippen LogP contribution in [-0.4, -0.2) is 5.91 Å². The lowest BCUT2D eigenvalue weighted by Crippen LogP contribution is -2.24. The van der Waals surface area contributed by atoms with Crippen molar-refractivity contribution in [2.24, 2.45) is 0 Å². The molecule has 1 amide bonds. The Morgan fingerprint density at radius 3 is 2.75 bits per heavy atom. The van der Waals surface area contributed by atoms with Gasteiger partial charge in [-0.05, 0) is 36.2 Å². The van der Waals surface area contributed by atoms with Crippen molar-refractivity contribution in [2.45, 2.75) is 13.5 Å². The number of nitrogen functional groups attached to an aromatic ring is 1. The van der Waals surface area contributed by atoms with Crippen LogP contribution in [0.15, 0.2) is 54.2 Å². The number of aryl methyl sites for hydroxylation is 1. The first kappa shape index (κ1) is 17.4. The molecule has 2 aromatic carbocycles. The molecule has 0 aliphatic heterocycles. The van der Waals surface area contributed by atoms with E-state index in [1.54, 1.807) is 18.2 Å². The normalized spacial score (nSPS) is 10.8. The molecule has 0 saturated carbocycles. The van der Waals surface area contributed by atoms with Crippen LogP contribution in [0.1, 0.15) is 11.1 Å². The number of hydrogen-bond acceptors (Lipinski definition) is 4. The third-order valence-corrected chi connectivity index (χ3v) is 3.71. The summed E-state index contributed by atoms with van der Waals surface area (Å²) in [4.78, 5) is 12.1. The third kappa shape index (κ3) is 4.51. The van der Waals surface area contributed by atoms with Crippen LogP contribution in [0, 0.1) is 18.3 Å². The van der Waals surface area contributed by atoms with E-state index in [4.69, 9.17) is 22.6 Å². The van der Waals surface area contributed by atoms with Gasteiger partial charge >= 0.3 is 0 Å². The van der Waals surface area contributed by atoms with Crippen LogP contribution in [0.25, 0.3) is 0 Å². The minimum absolute atomic E-state index is 0.0537. The van der Waals surface area contributed by atoms with Crippen molar-refractivity contribution in [1.29, 1.82) is 5.26 Å². The van der Waals surface area contributed by atoms with Crippen LogP contribution >= 0.6 is 11.6 Å². The van der Waals surface area contributed by atoms with Gasteiger partial charge in [0, 0.05) is 17.8 Å². The molecule has 0 aliphatic rings. The highest BCUT2D eigenvalue weighted by Gasteiger charge is 2.09. The molecule has 0 aromatic heterocycles. The number of carbonyl (C=O) groups excluding carboxylic acids is 1. The van der Waals surface area contributed by atoms with E-state index in [2.05, 4.69) is 10.6 Å². The first-order chi connectivity index (χ1) is 11.5. The summed E-state index contributed by atoms with van der Waals surface area (Å²) < 4.78 is 0. The van der Waals surface area contributed by atoms with Gasteiger partial charge in [-0.1, -0.05) is 35.9 Å². The monoisotopic (exact) mass is 340 g/mol. The summed E-state index contributed by atoms with van der Waals surface area (Å²) in [7, 11) is 0. The number of nitrogens with one attached hydrogen (secondary N) is 2. The minimum atomic E-state index is -0.490. The molecular weight excluding hydrogens is 324 g/mol. The molecule has 122 valence electrons. The molecule has 24 heavy (non-hydrogen) atoms. The van der Waals surface area contributed by atoms with Crippen LogP contribution in [-0.2, 0) is 11.3 Å². The van der Waals surface area contributed by atoms with Gasteiger partial charge in [-0.3, -0.25) is 4.79 Å². The molecule has 0 saturated heterocycles. The van der Waals surface area contributed by atoms with Gasteiger partial charge in [-0.25, -0.2) is 0 Å². The van der Waals surface area contributed by atoms with Crippen LogP contribution in [0.3, 0.4) is 0 Å². The zero-order valence-corrected chi connectivity index (χ0v) is 13.9. The Hall–Kier alpha value is -2.97. The quantitative estimate of drug-likeness (QED) is 0.442. The molecule has 0 atom stereocenters. The summed E-state index contributed by atoms with van der Waals surface area (Å²) in [6, 6.07) is 14.5. The number of halogens is 1. The zero-order valence-electron chi connectivity index (χ0n) is 13.1. The Morgan fingerprint density at radius 2 is 2.08 bits per heavy atom. The maximum Gasteiger partial charge on any atom is 0.263 e. The smallest absolute Gasteiger partial charge is 0.263 e. The Labute approximate surface area is 145 Å². The molecule has 5 nitrogen and oxygen atoms in total. The number of nitrogens with zero attached hydrogens (tertiary/aromatic N) is 1. The van der Waals surface area contributed by atoms with Crippen molar-refractivity contribution >= 4 is 28.9 Å². The Kier molecular flexibility index (Phi) is 5.83. The second-order valence-electron chi connectivity index (χ2n) is 5.18. The van der Waals surface area contributed by atoms with E-state index in [0.29, 0.717) is 16.4 Å². The van der Waals surface area contributed by atoms with E-state index in [1.165, 1.54) is 6.20 Å². The molecule has 0 aliphatic carbocycles. The molecule has 0 fully saturated rings. The maximum absolute atomic E-state index is 12.1. The number of benzene rings is 2. The minimum Gasteiger partial charge on any atom is -0.397 e. The predicted molar refractivity (Wildman–Crippen MR) is 96.2 cm³/mol. The molecule has 0 bridgehead atoms. The molecular formula is C18H17ClN4O. The van der Waals surface area contributed by atoms with Gasteiger partial charge in [0.1, 0.15) is 11.6 Å². The lowest BCUT2D eigenvalue weighted by Gasteiger charge is -2.08. The van der Waals surface area contributed by atoms with E-state index in [9.17, 15) is 4.79 Å². The molecule has 4 N–H and O–H groups in total. The van der Waals surface area contributed by atoms with E-state index in [-0.39, 0.29) is 12.1 Å². The standard InChI is InChI=1S/C18H17ClN4O/c1-12-6-7-17(16(21)8-12)22-11-14(9-20)18(24)23-10-13-4-2-3-5-15(13)19/h2-8,11,22H,10,21H2,1H3,(H,23,24)/b14-11-. The zero-order chi connectivity index (χ0) is 17.5. The van der Waals surface area contributed by atoms with Crippen LogP contribution < -0.4 is 16.4 Å². The summed E-state index contributed by atoms with van der Waals surface area (Å²) in [6.45, 7) is 2.17. The fourth-order valence-corrected chi connectivity index (χ4v) is 2.23. The summed E-state index contributed by atoms with van der Waals surface area (Å²) >= 11 is 6.04. The van der Waals surface area contributed by atoms with E-state index in [1.807, 2.05) is 37.3 Å². The van der Waals surface area contributed by atoms with E-state index in [0.717, 1.165) is 11.1 Å². The maximum atomic E-state index is 12.1. The molecule has 0 radical (unpaired) electrons. The van der Waals surface area contributed by atoms with Gasteiger partial charge in [0.2, 0.25) is 0 Å². The van der Waals surface area contributed by atoms with Gasteiger partial charge in [0.15, 0.2) is 0 Å². The first-order valence-corrected chi connectivity index (χ1v) is 7.63. The molecule has 6 heteroatoms. The molecule has 0 unspecified atom stereocenters. The van der Waals surface area contributed by atoms with Crippen molar-refractivity contribution < 1.29 is 4.79 Å². The molecule has 0 heterocycles. The lowest BCUT2D eigenvalue weighted by atomic mass is 10.2. The number of hydrogen-bond donors (Lipinski definition) is 3. The summed E-state index contributed by atoms with van der Waals surface area (Å²) in [5.74, 6) is -0.490. The number of nitriles is 1. The lowest BCUT2D eigenvalue weighted by molar-refractivity contribution is -0.117. The van der Waals surface area contributed by atoms with Crippen molar-refractivity contribution in [1.82, 2.24) is 5.32 Å². The average molecular weight is 341 g/mol. The Morgan fingerprint density at radius 1 is 1.33 bits per heavy atom. The second-order valence-corrected chi connectivity index (χ2v) is 5.59. The third-order valence-electron chi connectivity index (χ3n) is 3.34. The SMILES string of the molecule is Cc1ccc(N/C=C(/C#N)C(=O)NCc2ccccc2Cl)c(N)c1. The van der Waals surface area contributed by atoms with Gasteiger partial charge in [-0.15, -0.1) is 0 Å². The average Bonchev–Trinajstić information content (AvgIpc) is 2.56. The van der Waals surface area contributed by atoms with Gasteiger partial charge in [0.05, 0.1) is 11.4 Å². The number of rotatable bonds is 5. The number of amides is 1. The Balaban J connectivity index is 2.03. The van der Waals surface area contributed by atoms with Gasteiger partial charge < -0.3 is 16.4 Å². The summed E-state index contributed by atoms with van der Waals surface area (Å²) in [5.41, 5.74) is 8.81. The molecule has 2 aromatic rings. The fraction of sp³-hybridized carbons (Fsp3) is 0.111. The molecule has 0 spiro atoms. The van der Waals surface area contributed by atoms with Crippen molar-refractivity contribution in [3.63, 3.8) is 0 Å². The van der Waals surface area contributed by atoms with Crippen molar-refractivity contribution in [3.8, 4) is 6.07 Å². The van der Waals surface area contributed by atoms with E-state index < -0.39 is 5.91 Å². The number of nitrogens with two attached hydrogens (primary N) is 1.